The van der Waals surface area contributed by atoms with Gasteiger partial charge in [0.15, 0.2) is 5.15 Å². The number of Topliss-reactive ketones (excluding diaryl/α,β-unsaturated/α-hetero) is 1. The summed E-state index contributed by atoms with van der Waals surface area (Å²) in [6, 6.07) is 3.31. The molecule has 11 heavy (non-hydrogen) atoms. The van der Waals surface area contributed by atoms with E-state index in [0.29, 0.717) is 17.3 Å². The van der Waals surface area contributed by atoms with Gasteiger partial charge in [-0.1, -0.05) is 11.6 Å². The van der Waals surface area contributed by atoms with Gasteiger partial charge in [0.1, 0.15) is 5.78 Å². The Bertz CT molecular complexity index is 258. The summed E-state index contributed by atoms with van der Waals surface area (Å²) in [4.78, 5) is 10.6. The average Bonchev–Trinajstić information content (AvgIpc) is 1.93. The topological polar surface area (TPSA) is 42.9 Å². The van der Waals surface area contributed by atoms with E-state index >= 15 is 0 Å². The number of carbonyl (C=O) groups excluding carboxylic acids is 1. The van der Waals surface area contributed by atoms with E-state index in [4.69, 9.17) is 11.6 Å². The molecular formula is C7H7ClN2O. The van der Waals surface area contributed by atoms with Crippen LogP contribution in [0.15, 0.2) is 12.1 Å². The molecule has 0 bridgehead atoms. The van der Waals surface area contributed by atoms with E-state index in [9.17, 15) is 4.79 Å². The second kappa shape index (κ2) is 3.44. The Labute approximate surface area is 69.4 Å². The van der Waals surface area contributed by atoms with Crippen LogP contribution in [0.2, 0.25) is 5.15 Å². The lowest BCUT2D eigenvalue weighted by Crippen LogP contribution is -1.99. The molecule has 1 heterocycles. The van der Waals surface area contributed by atoms with Gasteiger partial charge < -0.3 is 0 Å². The Morgan fingerprint density at radius 3 is 2.73 bits per heavy atom. The first-order valence-corrected chi connectivity index (χ1v) is 3.54. The fraction of sp³-hybridized carbons (Fsp3) is 0.286. The molecule has 1 rings (SSSR count). The maximum Gasteiger partial charge on any atom is 0.151 e. The zero-order valence-corrected chi connectivity index (χ0v) is 6.80. The molecule has 0 unspecified atom stereocenters. The van der Waals surface area contributed by atoms with E-state index in [0.717, 1.165) is 0 Å². The van der Waals surface area contributed by atoms with Crippen molar-refractivity contribution in [3.8, 4) is 0 Å². The molecule has 0 fully saturated rings. The van der Waals surface area contributed by atoms with Gasteiger partial charge in [-0.2, -0.15) is 5.10 Å². The molecule has 0 amide bonds. The molecule has 0 aromatic carbocycles. The van der Waals surface area contributed by atoms with Crippen LogP contribution in [0.25, 0.3) is 0 Å². The monoisotopic (exact) mass is 170 g/mol. The number of halogens is 1. The van der Waals surface area contributed by atoms with Crippen molar-refractivity contribution >= 4 is 17.4 Å². The summed E-state index contributed by atoms with van der Waals surface area (Å²) in [6.07, 6.45) is 0.324. The Balaban J connectivity index is 2.74. The first kappa shape index (κ1) is 8.14. The van der Waals surface area contributed by atoms with Crippen LogP contribution in [0, 0.1) is 0 Å². The number of hydrogen-bond donors (Lipinski definition) is 0. The van der Waals surface area contributed by atoms with Gasteiger partial charge in [0.2, 0.25) is 0 Å². The predicted molar refractivity (Wildman–Crippen MR) is 41.4 cm³/mol. The van der Waals surface area contributed by atoms with E-state index in [2.05, 4.69) is 10.2 Å². The maximum absolute atomic E-state index is 10.6. The lowest BCUT2D eigenvalue weighted by atomic mass is 10.2. The highest BCUT2D eigenvalue weighted by atomic mass is 35.5. The van der Waals surface area contributed by atoms with Crippen LogP contribution in [0.1, 0.15) is 12.6 Å². The maximum atomic E-state index is 10.6. The van der Waals surface area contributed by atoms with Crippen LogP contribution in [0.5, 0.6) is 0 Å². The lowest BCUT2D eigenvalue weighted by molar-refractivity contribution is -0.116. The largest absolute Gasteiger partial charge is 0.300 e. The standard InChI is InChI=1S/C7H7ClN2O/c1-5(11)4-6-2-3-7(8)10-9-6/h2-3H,4H2,1H3. The Morgan fingerprint density at radius 2 is 2.27 bits per heavy atom. The first-order chi connectivity index (χ1) is 5.18. The van der Waals surface area contributed by atoms with Gasteiger partial charge in [0.05, 0.1) is 12.1 Å². The number of nitrogens with zero attached hydrogens (tertiary/aromatic N) is 2. The molecule has 3 nitrogen and oxygen atoms in total. The fourth-order valence-corrected chi connectivity index (χ4v) is 0.794. The molecule has 0 spiro atoms. The van der Waals surface area contributed by atoms with Crippen LogP contribution in [0.3, 0.4) is 0 Å². The fourth-order valence-electron chi connectivity index (χ4n) is 0.693. The number of carbonyl (C=O) groups is 1. The second-order valence-electron chi connectivity index (χ2n) is 2.23. The molecule has 1 aromatic rings. The number of hydrogen-bond acceptors (Lipinski definition) is 3. The van der Waals surface area contributed by atoms with E-state index in [1.807, 2.05) is 0 Å². The summed E-state index contributed by atoms with van der Waals surface area (Å²) in [5, 5.41) is 7.66. The molecule has 4 heteroatoms. The summed E-state index contributed by atoms with van der Waals surface area (Å²) in [5.74, 6) is 0.0709. The Hall–Kier alpha value is -0.960. The third-order valence-electron chi connectivity index (χ3n) is 1.12. The lowest BCUT2D eigenvalue weighted by Gasteiger charge is -1.93. The number of aromatic nitrogens is 2. The minimum absolute atomic E-state index is 0.0709. The Kier molecular flexibility index (Phi) is 2.54. The molecule has 0 aliphatic carbocycles. The van der Waals surface area contributed by atoms with E-state index < -0.39 is 0 Å². The van der Waals surface area contributed by atoms with Crippen molar-refractivity contribution in [1.29, 1.82) is 0 Å². The van der Waals surface area contributed by atoms with E-state index in [1.165, 1.54) is 6.92 Å². The Morgan fingerprint density at radius 1 is 1.55 bits per heavy atom. The summed E-state index contributed by atoms with van der Waals surface area (Å²) < 4.78 is 0. The van der Waals surface area contributed by atoms with Gasteiger partial charge in [0.25, 0.3) is 0 Å². The summed E-state index contributed by atoms with van der Waals surface area (Å²) in [7, 11) is 0. The minimum Gasteiger partial charge on any atom is -0.300 e. The van der Waals surface area contributed by atoms with Gasteiger partial charge in [-0.3, -0.25) is 4.79 Å². The highest BCUT2D eigenvalue weighted by Gasteiger charge is 1.98. The zero-order valence-electron chi connectivity index (χ0n) is 6.04. The highest BCUT2D eigenvalue weighted by Crippen LogP contribution is 2.02. The molecular weight excluding hydrogens is 164 g/mol. The van der Waals surface area contributed by atoms with Gasteiger partial charge in [-0.15, -0.1) is 5.10 Å². The van der Waals surface area contributed by atoms with Crippen LogP contribution in [-0.4, -0.2) is 16.0 Å². The van der Waals surface area contributed by atoms with Crippen LogP contribution < -0.4 is 0 Å². The molecule has 0 radical (unpaired) electrons. The molecule has 0 aliphatic heterocycles. The minimum atomic E-state index is 0.0709. The van der Waals surface area contributed by atoms with Crippen molar-refractivity contribution in [1.82, 2.24) is 10.2 Å². The third-order valence-corrected chi connectivity index (χ3v) is 1.32. The first-order valence-electron chi connectivity index (χ1n) is 3.16. The van der Waals surface area contributed by atoms with Crippen LogP contribution in [0.4, 0.5) is 0 Å². The van der Waals surface area contributed by atoms with Crippen LogP contribution >= 0.6 is 11.6 Å². The number of rotatable bonds is 2. The van der Waals surface area contributed by atoms with Gasteiger partial charge in [-0.05, 0) is 19.1 Å². The molecule has 1 aromatic heterocycles. The van der Waals surface area contributed by atoms with Crippen molar-refractivity contribution in [3.63, 3.8) is 0 Å². The zero-order chi connectivity index (χ0) is 8.27. The average molecular weight is 171 g/mol. The second-order valence-corrected chi connectivity index (χ2v) is 2.61. The van der Waals surface area contributed by atoms with E-state index in [-0.39, 0.29) is 5.78 Å². The molecule has 0 aliphatic rings. The summed E-state index contributed by atoms with van der Waals surface area (Å²) in [5.41, 5.74) is 0.655. The summed E-state index contributed by atoms with van der Waals surface area (Å²) in [6.45, 7) is 1.51. The molecule has 0 saturated heterocycles. The quantitative estimate of drug-likeness (QED) is 0.671. The molecule has 0 saturated carbocycles. The van der Waals surface area contributed by atoms with Gasteiger partial charge >= 0.3 is 0 Å². The smallest absolute Gasteiger partial charge is 0.151 e. The van der Waals surface area contributed by atoms with Crippen molar-refractivity contribution in [2.45, 2.75) is 13.3 Å². The van der Waals surface area contributed by atoms with Crippen molar-refractivity contribution in [3.05, 3.63) is 23.0 Å². The summed E-state index contributed by atoms with van der Waals surface area (Å²) >= 11 is 5.49. The van der Waals surface area contributed by atoms with Crippen LogP contribution in [-0.2, 0) is 11.2 Å². The SMILES string of the molecule is CC(=O)Cc1ccc(Cl)nn1. The molecule has 0 N–H and O–H groups in total. The van der Waals surface area contributed by atoms with Crippen molar-refractivity contribution < 1.29 is 4.79 Å². The van der Waals surface area contributed by atoms with Crippen molar-refractivity contribution in [2.75, 3.05) is 0 Å². The van der Waals surface area contributed by atoms with E-state index in [1.54, 1.807) is 12.1 Å². The highest BCUT2D eigenvalue weighted by molar-refractivity contribution is 6.29. The van der Waals surface area contributed by atoms with Gasteiger partial charge in [-0.25, -0.2) is 0 Å². The molecule has 0 atom stereocenters. The third kappa shape index (κ3) is 2.63. The molecule has 58 valence electrons. The number of ketones is 1. The predicted octanol–water partition coefficient (Wildman–Crippen LogP) is 1.26. The van der Waals surface area contributed by atoms with Crippen molar-refractivity contribution in [2.24, 2.45) is 0 Å². The van der Waals surface area contributed by atoms with Gasteiger partial charge in [0, 0.05) is 0 Å². The normalized spacial score (nSPS) is 9.64.